The van der Waals surface area contributed by atoms with Gasteiger partial charge < -0.3 is 4.90 Å². The van der Waals surface area contributed by atoms with Crippen molar-refractivity contribution in [3.05, 3.63) is 0 Å². The van der Waals surface area contributed by atoms with Crippen LogP contribution in [0.15, 0.2) is 0 Å². The predicted molar refractivity (Wildman–Crippen MR) is 66.4 cm³/mol. The molecule has 1 atom stereocenters. The lowest BCUT2D eigenvalue weighted by Crippen LogP contribution is -2.32. The summed E-state index contributed by atoms with van der Waals surface area (Å²) in [6.45, 7) is 8.07. The number of ketones is 1. The highest BCUT2D eigenvalue weighted by Crippen LogP contribution is 2.30. The third-order valence-electron chi connectivity index (χ3n) is 4.17. The lowest BCUT2D eigenvalue weighted by Gasteiger charge is -2.23. The number of Topliss-reactive ketones (excluding diaryl/α,β-unsaturated/α-hetero) is 1. The zero-order valence-corrected chi connectivity index (χ0v) is 10.8. The molecule has 2 heteroatoms. The summed E-state index contributed by atoms with van der Waals surface area (Å²) >= 11 is 0. The van der Waals surface area contributed by atoms with Crippen molar-refractivity contribution in [2.45, 2.75) is 52.4 Å². The SMILES string of the molecule is CC1(C)CCN(CC2CCCCCC2=O)C1. The first kappa shape index (κ1) is 12.1. The Hall–Kier alpha value is -0.370. The van der Waals surface area contributed by atoms with Gasteiger partial charge in [-0.05, 0) is 31.2 Å². The normalized spacial score (nSPS) is 31.6. The van der Waals surface area contributed by atoms with Crippen molar-refractivity contribution >= 4 is 5.78 Å². The van der Waals surface area contributed by atoms with Crippen molar-refractivity contribution in [1.82, 2.24) is 4.90 Å². The van der Waals surface area contributed by atoms with Crippen molar-refractivity contribution < 1.29 is 4.79 Å². The van der Waals surface area contributed by atoms with Crippen LogP contribution in [0.25, 0.3) is 0 Å². The van der Waals surface area contributed by atoms with Crippen molar-refractivity contribution in [3.8, 4) is 0 Å². The van der Waals surface area contributed by atoms with Gasteiger partial charge in [0.2, 0.25) is 0 Å². The van der Waals surface area contributed by atoms with Crippen molar-refractivity contribution in [2.75, 3.05) is 19.6 Å². The Morgan fingerprint density at radius 1 is 1.31 bits per heavy atom. The fourth-order valence-corrected chi connectivity index (χ4v) is 3.12. The second kappa shape index (κ2) is 4.87. The molecule has 0 bridgehead atoms. The van der Waals surface area contributed by atoms with Gasteiger partial charge in [-0.2, -0.15) is 0 Å². The van der Waals surface area contributed by atoms with Crippen LogP contribution < -0.4 is 0 Å². The van der Waals surface area contributed by atoms with Gasteiger partial charge in [-0.3, -0.25) is 4.79 Å². The maximum absolute atomic E-state index is 11.9. The number of likely N-dealkylation sites (tertiary alicyclic amines) is 1. The van der Waals surface area contributed by atoms with E-state index >= 15 is 0 Å². The monoisotopic (exact) mass is 223 g/mol. The van der Waals surface area contributed by atoms with Crippen LogP contribution in [0.4, 0.5) is 0 Å². The van der Waals surface area contributed by atoms with E-state index in [4.69, 9.17) is 0 Å². The van der Waals surface area contributed by atoms with E-state index in [1.165, 1.54) is 32.4 Å². The second-order valence-corrected chi connectivity index (χ2v) is 6.41. The molecule has 0 aromatic rings. The first-order chi connectivity index (χ1) is 7.57. The number of carbonyl (C=O) groups is 1. The molecule has 0 aromatic heterocycles. The van der Waals surface area contributed by atoms with Crippen LogP contribution in [0.5, 0.6) is 0 Å². The maximum atomic E-state index is 11.9. The molecule has 0 N–H and O–H groups in total. The molecule has 2 rings (SSSR count). The molecule has 2 nitrogen and oxygen atoms in total. The third kappa shape index (κ3) is 3.07. The molecule has 0 amide bonds. The second-order valence-electron chi connectivity index (χ2n) is 6.41. The van der Waals surface area contributed by atoms with Crippen LogP contribution in [0.2, 0.25) is 0 Å². The van der Waals surface area contributed by atoms with Gasteiger partial charge in [0.1, 0.15) is 5.78 Å². The van der Waals surface area contributed by atoms with Crippen LogP contribution in [0, 0.1) is 11.3 Å². The molecule has 92 valence electrons. The Labute approximate surface area is 99.4 Å². The van der Waals surface area contributed by atoms with Gasteiger partial charge in [0.25, 0.3) is 0 Å². The summed E-state index contributed by atoms with van der Waals surface area (Å²) in [6, 6.07) is 0. The van der Waals surface area contributed by atoms with Gasteiger partial charge >= 0.3 is 0 Å². The lowest BCUT2D eigenvalue weighted by molar-refractivity contribution is -0.123. The van der Waals surface area contributed by atoms with E-state index in [0.29, 0.717) is 17.1 Å². The smallest absolute Gasteiger partial charge is 0.137 e. The fourth-order valence-electron chi connectivity index (χ4n) is 3.12. The topological polar surface area (TPSA) is 20.3 Å². The molecule has 1 unspecified atom stereocenters. The van der Waals surface area contributed by atoms with Crippen LogP contribution in [-0.2, 0) is 4.79 Å². The summed E-state index contributed by atoms with van der Waals surface area (Å²) in [5, 5.41) is 0. The summed E-state index contributed by atoms with van der Waals surface area (Å²) < 4.78 is 0. The summed E-state index contributed by atoms with van der Waals surface area (Å²) in [6.07, 6.45) is 6.90. The van der Waals surface area contributed by atoms with Crippen molar-refractivity contribution in [3.63, 3.8) is 0 Å². The first-order valence-corrected chi connectivity index (χ1v) is 6.82. The van der Waals surface area contributed by atoms with E-state index < -0.39 is 0 Å². The lowest BCUT2D eigenvalue weighted by atomic mass is 9.93. The van der Waals surface area contributed by atoms with Gasteiger partial charge in [-0.1, -0.05) is 26.7 Å². The molecule has 1 saturated carbocycles. The Balaban J connectivity index is 1.86. The van der Waals surface area contributed by atoms with Crippen LogP contribution in [0.1, 0.15) is 52.4 Å². The number of hydrogen-bond acceptors (Lipinski definition) is 2. The van der Waals surface area contributed by atoms with Crippen molar-refractivity contribution in [2.24, 2.45) is 11.3 Å². The molecule has 0 radical (unpaired) electrons. The van der Waals surface area contributed by atoms with E-state index in [9.17, 15) is 4.79 Å². The average molecular weight is 223 g/mol. The molecule has 0 spiro atoms. The molecule has 1 saturated heterocycles. The number of carbonyl (C=O) groups excluding carboxylic acids is 1. The highest BCUT2D eigenvalue weighted by Gasteiger charge is 2.32. The van der Waals surface area contributed by atoms with Crippen LogP contribution in [-0.4, -0.2) is 30.3 Å². The Morgan fingerprint density at radius 3 is 2.81 bits per heavy atom. The number of rotatable bonds is 2. The zero-order valence-electron chi connectivity index (χ0n) is 10.8. The van der Waals surface area contributed by atoms with Gasteiger partial charge in [0.05, 0.1) is 0 Å². The number of nitrogens with zero attached hydrogens (tertiary/aromatic N) is 1. The largest absolute Gasteiger partial charge is 0.302 e. The standard InChI is InChI=1S/C14H25NO/c1-14(2)8-9-15(11-14)10-12-6-4-3-5-7-13(12)16/h12H,3-11H2,1-2H3. The zero-order chi connectivity index (χ0) is 11.6. The van der Waals surface area contributed by atoms with E-state index in [-0.39, 0.29) is 0 Å². The minimum absolute atomic E-state index is 0.344. The highest BCUT2D eigenvalue weighted by atomic mass is 16.1. The summed E-state index contributed by atoms with van der Waals surface area (Å²) in [4.78, 5) is 14.4. The van der Waals surface area contributed by atoms with Gasteiger partial charge in [0, 0.05) is 25.4 Å². The van der Waals surface area contributed by atoms with Crippen LogP contribution >= 0.6 is 0 Å². The summed E-state index contributed by atoms with van der Waals surface area (Å²) in [5.74, 6) is 0.874. The minimum atomic E-state index is 0.344. The Morgan fingerprint density at radius 2 is 2.12 bits per heavy atom. The third-order valence-corrected chi connectivity index (χ3v) is 4.17. The fraction of sp³-hybridized carbons (Fsp3) is 0.929. The highest BCUT2D eigenvalue weighted by molar-refractivity contribution is 5.81. The molecule has 2 fully saturated rings. The van der Waals surface area contributed by atoms with E-state index in [2.05, 4.69) is 18.7 Å². The minimum Gasteiger partial charge on any atom is -0.302 e. The Kier molecular flexibility index (Phi) is 3.68. The molecule has 1 heterocycles. The summed E-state index contributed by atoms with van der Waals surface area (Å²) in [5.41, 5.74) is 0.466. The van der Waals surface area contributed by atoms with Crippen molar-refractivity contribution in [1.29, 1.82) is 0 Å². The maximum Gasteiger partial charge on any atom is 0.137 e. The molecule has 1 aliphatic heterocycles. The first-order valence-electron chi connectivity index (χ1n) is 6.82. The van der Waals surface area contributed by atoms with E-state index in [0.717, 1.165) is 25.8 Å². The van der Waals surface area contributed by atoms with Gasteiger partial charge in [-0.15, -0.1) is 0 Å². The molecule has 2 aliphatic rings. The van der Waals surface area contributed by atoms with E-state index in [1.807, 2.05) is 0 Å². The average Bonchev–Trinajstić information content (AvgIpc) is 2.41. The molecule has 0 aromatic carbocycles. The van der Waals surface area contributed by atoms with Gasteiger partial charge in [0.15, 0.2) is 0 Å². The molecular weight excluding hydrogens is 198 g/mol. The Bertz CT molecular complexity index is 259. The van der Waals surface area contributed by atoms with Gasteiger partial charge in [-0.25, -0.2) is 0 Å². The summed E-state index contributed by atoms with van der Waals surface area (Å²) in [7, 11) is 0. The predicted octanol–water partition coefficient (Wildman–Crippen LogP) is 2.87. The van der Waals surface area contributed by atoms with E-state index in [1.54, 1.807) is 0 Å². The quantitative estimate of drug-likeness (QED) is 0.671. The molecule has 16 heavy (non-hydrogen) atoms. The molecular formula is C14H25NO. The number of hydrogen-bond donors (Lipinski definition) is 0. The molecule has 1 aliphatic carbocycles. The van der Waals surface area contributed by atoms with Crippen LogP contribution in [0.3, 0.4) is 0 Å².